The Morgan fingerprint density at radius 1 is 1.14 bits per heavy atom. The lowest BCUT2D eigenvalue weighted by Crippen LogP contribution is -2.32. The quantitative estimate of drug-likeness (QED) is 0.593. The van der Waals surface area contributed by atoms with Crippen LogP contribution in [0, 0.1) is 5.92 Å². The Morgan fingerprint density at radius 2 is 1.82 bits per heavy atom. The van der Waals surface area contributed by atoms with Crippen LogP contribution in [0.5, 0.6) is 5.75 Å². The summed E-state index contributed by atoms with van der Waals surface area (Å²) < 4.78 is 27.8. The van der Waals surface area contributed by atoms with Crippen LogP contribution >= 0.6 is 34.8 Å². The number of phenols is 1. The van der Waals surface area contributed by atoms with Crippen LogP contribution in [0.3, 0.4) is 0 Å². The molecule has 0 bridgehead atoms. The van der Waals surface area contributed by atoms with Crippen molar-refractivity contribution in [2.24, 2.45) is 11.7 Å². The number of halogens is 3. The van der Waals surface area contributed by atoms with E-state index in [4.69, 9.17) is 40.5 Å². The number of carbonyl (C=O) groups is 1. The standard InChI is InChI=1S/C17H16Cl3N3O4S/c18-10-2-1-3-12(14(10)20)23(17(21)25)13-7-6-11(19)16(15(13)24)28(26,27)22-8-9-4-5-9/h1-3,6-7,9,22,24H,4-5,8H2,(H2,21,25). The molecule has 0 heterocycles. The van der Waals surface area contributed by atoms with Crippen molar-refractivity contribution < 1.29 is 18.3 Å². The molecule has 1 saturated carbocycles. The van der Waals surface area contributed by atoms with E-state index in [-0.39, 0.29) is 38.9 Å². The van der Waals surface area contributed by atoms with Gasteiger partial charge in [0.05, 0.1) is 26.4 Å². The van der Waals surface area contributed by atoms with Gasteiger partial charge in [-0.3, -0.25) is 4.90 Å². The van der Waals surface area contributed by atoms with Crippen molar-refractivity contribution in [2.75, 3.05) is 11.4 Å². The smallest absolute Gasteiger partial charge is 0.324 e. The fourth-order valence-corrected chi connectivity index (χ4v) is 4.75. The van der Waals surface area contributed by atoms with Crippen LogP contribution in [-0.2, 0) is 10.0 Å². The van der Waals surface area contributed by atoms with Gasteiger partial charge in [0.2, 0.25) is 10.0 Å². The Labute approximate surface area is 177 Å². The van der Waals surface area contributed by atoms with Gasteiger partial charge in [-0.15, -0.1) is 0 Å². The molecule has 0 atom stereocenters. The van der Waals surface area contributed by atoms with Crippen LogP contribution in [0.1, 0.15) is 12.8 Å². The number of sulfonamides is 1. The Bertz CT molecular complexity index is 1040. The summed E-state index contributed by atoms with van der Waals surface area (Å²) in [4.78, 5) is 12.4. The predicted octanol–water partition coefficient (Wildman–Crippen LogP) is 4.26. The third kappa shape index (κ3) is 4.16. The maximum Gasteiger partial charge on any atom is 0.324 e. The summed E-state index contributed by atoms with van der Waals surface area (Å²) in [7, 11) is -4.13. The molecule has 3 rings (SSSR count). The molecule has 1 aliphatic rings. The molecule has 0 unspecified atom stereocenters. The number of urea groups is 1. The highest BCUT2D eigenvalue weighted by atomic mass is 35.5. The van der Waals surface area contributed by atoms with Crippen LogP contribution in [0.4, 0.5) is 16.2 Å². The van der Waals surface area contributed by atoms with E-state index in [0.29, 0.717) is 0 Å². The predicted molar refractivity (Wildman–Crippen MR) is 109 cm³/mol. The molecule has 0 saturated heterocycles. The fourth-order valence-electron chi connectivity index (χ4n) is 2.63. The highest BCUT2D eigenvalue weighted by molar-refractivity contribution is 7.89. The maximum absolute atomic E-state index is 12.7. The highest BCUT2D eigenvalue weighted by Gasteiger charge is 2.31. The van der Waals surface area contributed by atoms with Gasteiger partial charge in [0.15, 0.2) is 5.75 Å². The number of benzene rings is 2. The number of hydrogen-bond acceptors (Lipinski definition) is 4. The molecular formula is C17H16Cl3N3O4S. The first-order valence-electron chi connectivity index (χ1n) is 8.18. The fraction of sp³-hybridized carbons (Fsp3) is 0.235. The number of amides is 2. The molecule has 0 spiro atoms. The van der Waals surface area contributed by atoms with Crippen molar-refractivity contribution >= 4 is 62.2 Å². The van der Waals surface area contributed by atoms with E-state index >= 15 is 0 Å². The first kappa shape index (κ1) is 21.0. The SMILES string of the molecule is NC(=O)N(c1ccc(Cl)c(S(=O)(=O)NCC2CC2)c1O)c1cccc(Cl)c1Cl. The minimum atomic E-state index is -4.13. The molecule has 1 aliphatic carbocycles. The van der Waals surface area contributed by atoms with Crippen molar-refractivity contribution in [3.05, 3.63) is 45.4 Å². The summed E-state index contributed by atoms with van der Waals surface area (Å²) >= 11 is 18.2. The van der Waals surface area contributed by atoms with Gasteiger partial charge in [-0.2, -0.15) is 0 Å². The number of carbonyl (C=O) groups excluding carboxylic acids is 1. The van der Waals surface area contributed by atoms with Gasteiger partial charge < -0.3 is 10.8 Å². The Morgan fingerprint density at radius 3 is 2.43 bits per heavy atom. The molecular weight excluding hydrogens is 449 g/mol. The van der Waals surface area contributed by atoms with E-state index < -0.39 is 26.7 Å². The third-order valence-corrected chi connectivity index (χ3v) is 6.96. The Kier molecular flexibility index (Phi) is 5.97. The van der Waals surface area contributed by atoms with Gasteiger partial charge in [-0.1, -0.05) is 40.9 Å². The van der Waals surface area contributed by atoms with E-state index in [1.807, 2.05) is 0 Å². The number of primary amides is 1. The van der Waals surface area contributed by atoms with Crippen molar-refractivity contribution in [1.29, 1.82) is 0 Å². The summed E-state index contributed by atoms with van der Waals surface area (Å²) in [5.74, 6) is -0.461. The van der Waals surface area contributed by atoms with E-state index in [9.17, 15) is 18.3 Å². The highest BCUT2D eigenvalue weighted by Crippen LogP contribution is 2.44. The van der Waals surface area contributed by atoms with Crippen molar-refractivity contribution in [3.63, 3.8) is 0 Å². The van der Waals surface area contributed by atoms with E-state index in [0.717, 1.165) is 17.7 Å². The van der Waals surface area contributed by atoms with Crippen molar-refractivity contribution in [1.82, 2.24) is 4.72 Å². The van der Waals surface area contributed by atoms with Crippen LogP contribution in [-0.4, -0.2) is 26.1 Å². The number of aromatic hydroxyl groups is 1. The molecule has 28 heavy (non-hydrogen) atoms. The monoisotopic (exact) mass is 463 g/mol. The largest absolute Gasteiger partial charge is 0.504 e. The molecule has 150 valence electrons. The second-order valence-corrected chi connectivity index (χ2v) is 9.18. The topological polar surface area (TPSA) is 113 Å². The lowest BCUT2D eigenvalue weighted by Gasteiger charge is -2.24. The van der Waals surface area contributed by atoms with Crippen molar-refractivity contribution in [3.8, 4) is 5.75 Å². The Balaban J connectivity index is 2.12. The number of nitrogens with one attached hydrogen (secondary N) is 1. The lowest BCUT2D eigenvalue weighted by molar-refractivity contribution is 0.256. The molecule has 2 amide bonds. The number of rotatable bonds is 6. The second-order valence-electron chi connectivity index (χ2n) is 6.29. The van der Waals surface area contributed by atoms with Gasteiger partial charge in [-0.05, 0) is 43.0 Å². The van der Waals surface area contributed by atoms with Gasteiger partial charge in [-0.25, -0.2) is 17.9 Å². The summed E-state index contributed by atoms with van der Waals surface area (Å²) in [6, 6.07) is 5.99. The van der Waals surface area contributed by atoms with Crippen LogP contribution in [0.2, 0.25) is 15.1 Å². The minimum absolute atomic E-state index is 0.00795. The van der Waals surface area contributed by atoms with Gasteiger partial charge in [0.25, 0.3) is 0 Å². The number of anilines is 2. The second kappa shape index (κ2) is 7.96. The number of phenolic OH excluding ortho intramolecular Hbond substituents is 1. The number of nitrogens with zero attached hydrogens (tertiary/aromatic N) is 1. The molecule has 11 heteroatoms. The average molecular weight is 465 g/mol. The first-order valence-corrected chi connectivity index (χ1v) is 10.8. The van der Waals surface area contributed by atoms with Crippen molar-refractivity contribution in [2.45, 2.75) is 17.7 Å². The maximum atomic E-state index is 12.7. The van der Waals surface area contributed by atoms with Crippen LogP contribution in [0.25, 0.3) is 0 Å². The first-order chi connectivity index (χ1) is 13.1. The zero-order valence-electron chi connectivity index (χ0n) is 14.3. The molecule has 2 aromatic carbocycles. The van der Waals surface area contributed by atoms with E-state index in [1.165, 1.54) is 30.3 Å². The molecule has 0 aromatic heterocycles. The molecule has 7 nitrogen and oxygen atoms in total. The molecule has 2 aromatic rings. The van der Waals surface area contributed by atoms with Gasteiger partial charge in [0.1, 0.15) is 4.90 Å². The molecule has 0 aliphatic heterocycles. The molecule has 0 radical (unpaired) electrons. The summed E-state index contributed by atoms with van der Waals surface area (Å²) in [6.45, 7) is 0.238. The normalized spacial score (nSPS) is 14.1. The summed E-state index contributed by atoms with van der Waals surface area (Å²) in [6.07, 6.45) is 1.87. The van der Waals surface area contributed by atoms with Gasteiger partial charge in [0, 0.05) is 6.54 Å². The van der Waals surface area contributed by atoms with Crippen LogP contribution < -0.4 is 15.4 Å². The number of nitrogens with two attached hydrogens (primary N) is 1. The minimum Gasteiger partial charge on any atom is -0.504 e. The lowest BCUT2D eigenvalue weighted by atomic mass is 10.2. The number of hydrogen-bond donors (Lipinski definition) is 3. The van der Waals surface area contributed by atoms with E-state index in [2.05, 4.69) is 4.72 Å². The Hall–Kier alpha value is -1.71. The zero-order chi connectivity index (χ0) is 20.6. The molecule has 4 N–H and O–H groups in total. The average Bonchev–Trinajstić information content (AvgIpc) is 3.43. The van der Waals surface area contributed by atoms with Crippen LogP contribution in [0.15, 0.2) is 35.2 Å². The van der Waals surface area contributed by atoms with Gasteiger partial charge >= 0.3 is 6.03 Å². The molecule has 1 fully saturated rings. The summed E-state index contributed by atoms with van der Waals surface area (Å²) in [5.41, 5.74) is 5.34. The zero-order valence-corrected chi connectivity index (χ0v) is 17.4. The van der Waals surface area contributed by atoms with E-state index in [1.54, 1.807) is 0 Å². The summed E-state index contributed by atoms with van der Waals surface area (Å²) in [5, 5.41) is 10.7. The third-order valence-electron chi connectivity index (χ3n) is 4.22.